The van der Waals surface area contributed by atoms with Gasteiger partial charge in [-0.3, -0.25) is 19.4 Å². The molecule has 0 radical (unpaired) electrons. The van der Waals surface area contributed by atoms with Crippen molar-refractivity contribution in [2.75, 3.05) is 14.2 Å². The molecule has 0 aliphatic carbocycles. The standard InChI is InChI=1S/C29H27N5O4/c1-37-21-10-6-19(7-11-21)14-16-34-26(30)23(28(35)31-18-20-8-12-22(38-2)13-9-20)17-24-27(34)32-25-5-3-4-15-33(25)29(24)36/h3-13,15,17,30H,14,16,18H2,1-2H3,(H,31,35). The number of hydrogen-bond donors (Lipinski definition) is 2. The number of aromatic nitrogens is 3. The number of amides is 1. The zero-order chi connectivity index (χ0) is 26.6. The van der Waals surface area contributed by atoms with Crippen LogP contribution in [0, 0.1) is 5.41 Å². The summed E-state index contributed by atoms with van der Waals surface area (Å²) in [6.07, 6.45) is 2.21. The summed E-state index contributed by atoms with van der Waals surface area (Å²) in [7, 11) is 3.21. The SMILES string of the molecule is COc1ccc(CCn2c(=N)c(C(=O)NCc3ccc(OC)cc3)cc3c(=O)n4ccccc4nc32)cc1. The third-order valence-corrected chi connectivity index (χ3v) is 6.46. The molecule has 0 saturated carbocycles. The van der Waals surface area contributed by atoms with Crippen molar-refractivity contribution in [3.05, 3.63) is 112 Å². The van der Waals surface area contributed by atoms with Crippen molar-refractivity contribution in [1.29, 1.82) is 5.41 Å². The predicted octanol–water partition coefficient (Wildman–Crippen LogP) is 3.32. The average Bonchev–Trinajstić information content (AvgIpc) is 2.96. The number of rotatable bonds is 8. The first-order valence-electron chi connectivity index (χ1n) is 12.1. The highest BCUT2D eigenvalue weighted by atomic mass is 16.5. The van der Waals surface area contributed by atoms with Gasteiger partial charge in [-0.2, -0.15) is 0 Å². The second kappa shape index (κ2) is 10.6. The van der Waals surface area contributed by atoms with Gasteiger partial charge in [-0.25, -0.2) is 4.98 Å². The number of methoxy groups -OCH3 is 2. The normalized spacial score (nSPS) is 11.0. The topological polar surface area (TPSA) is 111 Å². The van der Waals surface area contributed by atoms with Crippen LogP contribution in [0.3, 0.4) is 0 Å². The van der Waals surface area contributed by atoms with E-state index in [1.165, 1.54) is 10.5 Å². The highest BCUT2D eigenvalue weighted by molar-refractivity contribution is 5.96. The summed E-state index contributed by atoms with van der Waals surface area (Å²) in [5, 5.41) is 12.1. The molecule has 0 bridgehead atoms. The zero-order valence-corrected chi connectivity index (χ0v) is 21.1. The quantitative estimate of drug-likeness (QED) is 0.312. The molecule has 3 aromatic heterocycles. The smallest absolute Gasteiger partial charge is 0.267 e. The third kappa shape index (κ3) is 4.86. The van der Waals surface area contributed by atoms with E-state index in [0.717, 1.165) is 22.6 Å². The van der Waals surface area contributed by atoms with Gasteiger partial charge in [0.2, 0.25) is 0 Å². The Kier molecular flexibility index (Phi) is 6.90. The van der Waals surface area contributed by atoms with Gasteiger partial charge in [0.1, 0.15) is 28.3 Å². The van der Waals surface area contributed by atoms with Crippen molar-refractivity contribution >= 4 is 22.6 Å². The van der Waals surface area contributed by atoms with Gasteiger partial charge in [-0.1, -0.05) is 30.3 Å². The molecule has 3 heterocycles. The second-order valence-electron chi connectivity index (χ2n) is 8.77. The summed E-state index contributed by atoms with van der Waals surface area (Å²) in [6.45, 7) is 0.623. The number of benzene rings is 2. The molecular weight excluding hydrogens is 482 g/mol. The molecule has 5 aromatic rings. The summed E-state index contributed by atoms with van der Waals surface area (Å²) in [5.41, 5.74) is 2.55. The molecule has 9 nitrogen and oxygen atoms in total. The molecule has 0 aliphatic rings. The maximum atomic E-state index is 13.4. The van der Waals surface area contributed by atoms with Crippen LogP contribution in [0.15, 0.2) is 83.8 Å². The number of carbonyl (C=O) groups is 1. The van der Waals surface area contributed by atoms with E-state index in [-0.39, 0.29) is 28.5 Å². The van der Waals surface area contributed by atoms with Crippen LogP contribution in [0.1, 0.15) is 21.5 Å². The highest BCUT2D eigenvalue weighted by Crippen LogP contribution is 2.15. The molecule has 2 N–H and O–H groups in total. The van der Waals surface area contributed by atoms with Crippen molar-refractivity contribution in [3.8, 4) is 11.5 Å². The maximum Gasteiger partial charge on any atom is 0.267 e. The molecule has 1 amide bonds. The fourth-order valence-electron chi connectivity index (χ4n) is 4.33. The van der Waals surface area contributed by atoms with E-state index >= 15 is 0 Å². The van der Waals surface area contributed by atoms with Crippen LogP contribution < -0.4 is 25.8 Å². The average molecular weight is 510 g/mol. The minimum atomic E-state index is -0.441. The number of ether oxygens (including phenoxy) is 2. The Hall–Kier alpha value is -4.92. The van der Waals surface area contributed by atoms with Gasteiger partial charge in [-0.05, 0) is 60.0 Å². The summed E-state index contributed by atoms with van der Waals surface area (Å²) in [6, 6.07) is 21.8. The first kappa shape index (κ1) is 24.8. The lowest BCUT2D eigenvalue weighted by atomic mass is 10.1. The van der Waals surface area contributed by atoms with Crippen molar-refractivity contribution in [2.45, 2.75) is 19.5 Å². The minimum Gasteiger partial charge on any atom is -0.497 e. The Labute approximate surface area is 218 Å². The number of nitrogens with zero attached hydrogens (tertiary/aromatic N) is 3. The van der Waals surface area contributed by atoms with Crippen molar-refractivity contribution < 1.29 is 14.3 Å². The number of carbonyl (C=O) groups excluding carboxylic acids is 1. The lowest BCUT2D eigenvalue weighted by Crippen LogP contribution is -2.35. The first-order valence-corrected chi connectivity index (χ1v) is 12.1. The molecular formula is C29H27N5O4. The van der Waals surface area contributed by atoms with Gasteiger partial charge in [0.15, 0.2) is 0 Å². The Morgan fingerprint density at radius 2 is 1.61 bits per heavy atom. The summed E-state index contributed by atoms with van der Waals surface area (Å²) in [5.74, 6) is 1.04. The number of hydrogen-bond acceptors (Lipinski definition) is 6. The van der Waals surface area contributed by atoms with Crippen LogP contribution in [0.25, 0.3) is 16.7 Å². The summed E-state index contributed by atoms with van der Waals surface area (Å²) < 4.78 is 13.5. The van der Waals surface area contributed by atoms with E-state index in [4.69, 9.17) is 19.9 Å². The van der Waals surface area contributed by atoms with Gasteiger partial charge in [0, 0.05) is 19.3 Å². The van der Waals surface area contributed by atoms with Crippen molar-refractivity contribution in [3.63, 3.8) is 0 Å². The van der Waals surface area contributed by atoms with Crippen molar-refractivity contribution in [1.82, 2.24) is 19.3 Å². The molecule has 0 atom stereocenters. The van der Waals surface area contributed by atoms with Crippen LogP contribution in [-0.4, -0.2) is 34.1 Å². The lowest BCUT2D eigenvalue weighted by molar-refractivity contribution is 0.0948. The molecule has 0 unspecified atom stereocenters. The van der Waals surface area contributed by atoms with Crippen molar-refractivity contribution in [2.24, 2.45) is 0 Å². The van der Waals surface area contributed by atoms with E-state index in [0.29, 0.717) is 24.3 Å². The first-order chi connectivity index (χ1) is 18.5. The number of pyridine rings is 2. The number of nitrogens with one attached hydrogen (secondary N) is 2. The van der Waals surface area contributed by atoms with E-state index in [1.54, 1.807) is 43.2 Å². The largest absolute Gasteiger partial charge is 0.497 e. The minimum absolute atomic E-state index is 0.00887. The Morgan fingerprint density at radius 1 is 0.947 bits per heavy atom. The molecule has 0 spiro atoms. The third-order valence-electron chi connectivity index (χ3n) is 6.46. The number of aryl methyl sites for hydroxylation is 2. The summed E-state index contributed by atoms with van der Waals surface area (Å²) in [4.78, 5) is 31.4. The number of fused-ring (bicyclic) bond motifs is 2. The van der Waals surface area contributed by atoms with Crippen LogP contribution in [-0.2, 0) is 19.5 Å². The fraction of sp³-hybridized carbons (Fsp3) is 0.172. The van der Waals surface area contributed by atoms with Crippen LogP contribution in [0.5, 0.6) is 11.5 Å². The molecule has 9 heteroatoms. The molecule has 0 aliphatic heterocycles. The monoisotopic (exact) mass is 509 g/mol. The fourth-order valence-corrected chi connectivity index (χ4v) is 4.33. The van der Waals surface area contributed by atoms with Gasteiger partial charge in [0.25, 0.3) is 11.5 Å². The van der Waals surface area contributed by atoms with Gasteiger partial charge in [0.05, 0.1) is 25.2 Å². The molecule has 192 valence electrons. The van der Waals surface area contributed by atoms with Gasteiger partial charge < -0.3 is 19.4 Å². The van der Waals surface area contributed by atoms with Crippen LogP contribution in [0.2, 0.25) is 0 Å². The highest BCUT2D eigenvalue weighted by Gasteiger charge is 2.17. The van der Waals surface area contributed by atoms with E-state index in [2.05, 4.69) is 5.32 Å². The molecule has 0 saturated heterocycles. The van der Waals surface area contributed by atoms with Gasteiger partial charge >= 0.3 is 0 Å². The zero-order valence-electron chi connectivity index (χ0n) is 21.1. The molecule has 2 aromatic carbocycles. The van der Waals surface area contributed by atoms with E-state index in [1.807, 2.05) is 48.5 Å². The molecule has 38 heavy (non-hydrogen) atoms. The Bertz CT molecular complexity index is 1740. The maximum absolute atomic E-state index is 13.4. The molecule has 0 fully saturated rings. The summed E-state index contributed by atoms with van der Waals surface area (Å²) >= 11 is 0. The van der Waals surface area contributed by atoms with Gasteiger partial charge in [-0.15, -0.1) is 0 Å². The lowest BCUT2D eigenvalue weighted by Gasteiger charge is -2.15. The van der Waals surface area contributed by atoms with E-state index in [9.17, 15) is 9.59 Å². The van der Waals surface area contributed by atoms with E-state index < -0.39 is 5.91 Å². The predicted molar refractivity (Wildman–Crippen MR) is 144 cm³/mol. The Balaban J connectivity index is 1.54. The Morgan fingerprint density at radius 3 is 2.26 bits per heavy atom. The second-order valence-corrected chi connectivity index (χ2v) is 8.77. The van der Waals surface area contributed by atoms with Crippen LogP contribution in [0.4, 0.5) is 0 Å². The van der Waals surface area contributed by atoms with Crippen LogP contribution >= 0.6 is 0 Å². The molecule has 5 rings (SSSR count).